The van der Waals surface area contributed by atoms with Crippen LogP contribution in [0.4, 0.5) is 0 Å². The number of aliphatic carboxylic acids is 1. The molecule has 0 aromatic carbocycles. The Hall–Kier alpha value is -1.82. The van der Waals surface area contributed by atoms with E-state index in [0.717, 1.165) is 12.8 Å². The standard InChI is InChI=1S/C13H15NO5/c15-12(14-6-7-2-1-5-18-7)10-8-3-4-9(19-8)11(10)13(16)17/h1-2,5,8-11H,3-4,6H2,(H,14,15)(H,16,17)/t8-,9-,10-,11-/m0/s1. The smallest absolute Gasteiger partial charge is 0.310 e. The van der Waals surface area contributed by atoms with Gasteiger partial charge in [0, 0.05) is 0 Å². The molecule has 6 heteroatoms. The first-order chi connectivity index (χ1) is 9.16. The normalized spacial score (nSPS) is 32.4. The first-order valence-corrected chi connectivity index (χ1v) is 6.35. The third kappa shape index (κ3) is 2.12. The van der Waals surface area contributed by atoms with Crippen molar-refractivity contribution in [1.29, 1.82) is 0 Å². The van der Waals surface area contributed by atoms with Crippen molar-refractivity contribution in [3.63, 3.8) is 0 Å². The Morgan fingerprint density at radius 2 is 2.05 bits per heavy atom. The Kier molecular flexibility index (Phi) is 3.02. The van der Waals surface area contributed by atoms with Crippen molar-refractivity contribution in [2.24, 2.45) is 11.8 Å². The van der Waals surface area contributed by atoms with Gasteiger partial charge in [0.1, 0.15) is 5.76 Å². The molecule has 1 aromatic heterocycles. The predicted molar refractivity (Wildman–Crippen MR) is 63.1 cm³/mol. The summed E-state index contributed by atoms with van der Waals surface area (Å²) < 4.78 is 10.7. The van der Waals surface area contributed by atoms with Crippen molar-refractivity contribution in [2.45, 2.75) is 31.6 Å². The minimum atomic E-state index is -0.953. The van der Waals surface area contributed by atoms with Gasteiger partial charge in [-0.3, -0.25) is 9.59 Å². The fourth-order valence-electron chi connectivity index (χ4n) is 3.03. The van der Waals surface area contributed by atoms with Crippen LogP contribution < -0.4 is 5.32 Å². The average molecular weight is 265 g/mol. The molecule has 2 bridgehead atoms. The summed E-state index contributed by atoms with van der Waals surface area (Å²) in [5.41, 5.74) is 0. The highest BCUT2D eigenvalue weighted by molar-refractivity contribution is 5.86. The number of hydrogen-bond acceptors (Lipinski definition) is 4. The van der Waals surface area contributed by atoms with Gasteiger partial charge in [-0.1, -0.05) is 0 Å². The van der Waals surface area contributed by atoms with Crippen LogP contribution in [0.5, 0.6) is 0 Å². The Balaban J connectivity index is 1.66. The second-order valence-corrected chi connectivity index (χ2v) is 4.98. The molecule has 2 fully saturated rings. The summed E-state index contributed by atoms with van der Waals surface area (Å²) in [6.45, 7) is 0.270. The van der Waals surface area contributed by atoms with Gasteiger partial charge in [-0.05, 0) is 25.0 Å². The van der Waals surface area contributed by atoms with Crippen LogP contribution in [-0.2, 0) is 20.9 Å². The molecular weight excluding hydrogens is 250 g/mol. The summed E-state index contributed by atoms with van der Waals surface area (Å²) in [7, 11) is 0. The molecule has 2 aliphatic heterocycles. The zero-order valence-corrected chi connectivity index (χ0v) is 10.2. The number of amides is 1. The number of carbonyl (C=O) groups excluding carboxylic acids is 1. The van der Waals surface area contributed by atoms with Crippen LogP contribution in [0.1, 0.15) is 18.6 Å². The van der Waals surface area contributed by atoms with E-state index in [4.69, 9.17) is 9.15 Å². The van der Waals surface area contributed by atoms with Gasteiger partial charge in [0.25, 0.3) is 0 Å². The lowest BCUT2D eigenvalue weighted by molar-refractivity contribution is -0.147. The molecule has 2 N–H and O–H groups in total. The maximum absolute atomic E-state index is 12.1. The largest absolute Gasteiger partial charge is 0.481 e. The second-order valence-electron chi connectivity index (χ2n) is 4.98. The SMILES string of the molecule is O=C(O)[C@@H]1[C@@H](C(=O)NCc2ccco2)[C@@H]2CC[C@@H]1O2. The van der Waals surface area contributed by atoms with Crippen LogP contribution in [0, 0.1) is 11.8 Å². The number of ether oxygens (including phenoxy) is 1. The minimum Gasteiger partial charge on any atom is -0.481 e. The second kappa shape index (κ2) is 4.70. The molecule has 0 unspecified atom stereocenters. The van der Waals surface area contributed by atoms with Crippen molar-refractivity contribution < 1.29 is 23.8 Å². The van der Waals surface area contributed by atoms with E-state index in [1.165, 1.54) is 6.26 Å². The van der Waals surface area contributed by atoms with Crippen molar-refractivity contribution in [3.05, 3.63) is 24.2 Å². The van der Waals surface area contributed by atoms with Gasteiger partial charge in [-0.15, -0.1) is 0 Å². The van der Waals surface area contributed by atoms with E-state index in [2.05, 4.69) is 5.32 Å². The molecular formula is C13H15NO5. The minimum absolute atomic E-state index is 0.261. The van der Waals surface area contributed by atoms with Crippen LogP contribution in [0.3, 0.4) is 0 Å². The van der Waals surface area contributed by atoms with Gasteiger partial charge in [-0.25, -0.2) is 0 Å². The number of furan rings is 1. The van der Waals surface area contributed by atoms with Crippen molar-refractivity contribution in [3.8, 4) is 0 Å². The van der Waals surface area contributed by atoms with Gasteiger partial charge in [-0.2, -0.15) is 0 Å². The number of nitrogens with one attached hydrogen (secondary N) is 1. The van der Waals surface area contributed by atoms with Crippen LogP contribution in [0.25, 0.3) is 0 Å². The van der Waals surface area contributed by atoms with E-state index in [9.17, 15) is 14.7 Å². The topological polar surface area (TPSA) is 88.8 Å². The van der Waals surface area contributed by atoms with Gasteiger partial charge in [0.15, 0.2) is 0 Å². The molecule has 6 nitrogen and oxygen atoms in total. The number of carbonyl (C=O) groups is 2. The molecule has 0 spiro atoms. The Labute approximate surface area is 109 Å². The first kappa shape index (κ1) is 12.2. The average Bonchev–Trinajstić information content (AvgIpc) is 3.10. The number of hydrogen-bond donors (Lipinski definition) is 2. The number of carboxylic acids is 1. The molecule has 2 saturated heterocycles. The van der Waals surface area contributed by atoms with Crippen LogP contribution in [0.2, 0.25) is 0 Å². The molecule has 1 amide bonds. The van der Waals surface area contributed by atoms with E-state index in [0.29, 0.717) is 5.76 Å². The van der Waals surface area contributed by atoms with Crippen LogP contribution in [-0.4, -0.2) is 29.2 Å². The number of carboxylic acid groups (broad SMARTS) is 1. The van der Waals surface area contributed by atoms with Gasteiger partial charge < -0.3 is 19.6 Å². The maximum atomic E-state index is 12.1. The van der Waals surface area contributed by atoms with Gasteiger partial charge in [0.05, 0.1) is 36.9 Å². The van der Waals surface area contributed by atoms with E-state index in [-0.39, 0.29) is 24.7 Å². The van der Waals surface area contributed by atoms with Crippen LogP contribution in [0.15, 0.2) is 22.8 Å². The summed E-state index contributed by atoms with van der Waals surface area (Å²) in [6.07, 6.45) is 2.43. The number of fused-ring (bicyclic) bond motifs is 2. The number of rotatable bonds is 4. The summed E-state index contributed by atoms with van der Waals surface area (Å²) in [5.74, 6) is -1.90. The molecule has 2 aliphatic rings. The van der Waals surface area contributed by atoms with Crippen molar-refractivity contribution >= 4 is 11.9 Å². The molecule has 0 saturated carbocycles. The highest BCUT2D eigenvalue weighted by Gasteiger charge is 2.55. The third-order valence-electron chi connectivity index (χ3n) is 3.88. The summed E-state index contributed by atoms with van der Waals surface area (Å²) in [6, 6.07) is 3.49. The fourth-order valence-corrected chi connectivity index (χ4v) is 3.03. The lowest BCUT2D eigenvalue weighted by atomic mass is 9.79. The lowest BCUT2D eigenvalue weighted by Gasteiger charge is -2.23. The zero-order chi connectivity index (χ0) is 13.4. The molecule has 3 rings (SSSR count). The summed E-state index contributed by atoms with van der Waals surface area (Å²) in [5, 5.41) is 11.9. The molecule has 19 heavy (non-hydrogen) atoms. The highest BCUT2D eigenvalue weighted by atomic mass is 16.5. The molecule has 1 aromatic rings. The van der Waals surface area contributed by atoms with Gasteiger partial charge >= 0.3 is 5.97 Å². The molecule has 3 heterocycles. The molecule has 0 radical (unpaired) electrons. The highest BCUT2D eigenvalue weighted by Crippen LogP contribution is 2.43. The van der Waals surface area contributed by atoms with E-state index in [1.807, 2.05) is 0 Å². The quantitative estimate of drug-likeness (QED) is 0.839. The Morgan fingerprint density at radius 3 is 2.68 bits per heavy atom. The Morgan fingerprint density at radius 1 is 1.32 bits per heavy atom. The Bertz CT molecular complexity index is 483. The maximum Gasteiger partial charge on any atom is 0.310 e. The molecule has 102 valence electrons. The van der Waals surface area contributed by atoms with Crippen molar-refractivity contribution in [2.75, 3.05) is 0 Å². The zero-order valence-electron chi connectivity index (χ0n) is 10.2. The first-order valence-electron chi connectivity index (χ1n) is 6.35. The monoisotopic (exact) mass is 265 g/mol. The van der Waals surface area contributed by atoms with E-state index >= 15 is 0 Å². The molecule has 0 aliphatic carbocycles. The third-order valence-corrected chi connectivity index (χ3v) is 3.88. The predicted octanol–water partition coefficient (Wildman–Crippen LogP) is 0.774. The summed E-state index contributed by atoms with van der Waals surface area (Å²) >= 11 is 0. The fraction of sp³-hybridized carbons (Fsp3) is 0.538. The van der Waals surface area contributed by atoms with E-state index in [1.54, 1.807) is 12.1 Å². The molecule has 4 atom stereocenters. The summed E-state index contributed by atoms with van der Waals surface area (Å²) in [4.78, 5) is 23.4. The van der Waals surface area contributed by atoms with Crippen molar-refractivity contribution in [1.82, 2.24) is 5.32 Å². The van der Waals surface area contributed by atoms with Crippen LogP contribution >= 0.6 is 0 Å². The van der Waals surface area contributed by atoms with E-state index < -0.39 is 17.8 Å². The lowest BCUT2D eigenvalue weighted by Crippen LogP contribution is -2.43. The van der Waals surface area contributed by atoms with Gasteiger partial charge in [0.2, 0.25) is 5.91 Å².